The van der Waals surface area contributed by atoms with E-state index in [2.05, 4.69) is 10.1 Å². The molecule has 0 amide bonds. The molecule has 0 unspecified atom stereocenters. The Kier molecular flexibility index (Phi) is 4.12. The highest BCUT2D eigenvalue weighted by atomic mass is 32.2. The summed E-state index contributed by atoms with van der Waals surface area (Å²) in [6, 6.07) is 6.94. The lowest BCUT2D eigenvalue weighted by atomic mass is 10.3. The predicted octanol–water partition coefficient (Wildman–Crippen LogP) is 1.47. The van der Waals surface area contributed by atoms with Gasteiger partial charge >= 0.3 is 6.01 Å². The Labute approximate surface area is 146 Å². The van der Waals surface area contributed by atoms with E-state index in [0.29, 0.717) is 43.9 Å². The zero-order valence-electron chi connectivity index (χ0n) is 14.0. The van der Waals surface area contributed by atoms with Crippen LogP contribution < -0.4 is 9.64 Å². The molecular weight excluding hydrogens is 344 g/mol. The molecule has 1 saturated heterocycles. The third kappa shape index (κ3) is 3.21. The van der Waals surface area contributed by atoms with Gasteiger partial charge < -0.3 is 14.2 Å². The van der Waals surface area contributed by atoms with Gasteiger partial charge in [0.15, 0.2) is 5.82 Å². The van der Waals surface area contributed by atoms with Crippen molar-refractivity contribution in [3.05, 3.63) is 30.1 Å². The van der Waals surface area contributed by atoms with Crippen LogP contribution in [-0.4, -0.2) is 56.2 Å². The molecule has 0 bridgehead atoms. The van der Waals surface area contributed by atoms with Crippen LogP contribution in [0, 0.1) is 0 Å². The summed E-state index contributed by atoms with van der Waals surface area (Å²) >= 11 is 0. The maximum absolute atomic E-state index is 12.7. The Bertz CT molecular complexity index is 837. The first-order valence-electron chi connectivity index (χ1n) is 8.30. The quantitative estimate of drug-likeness (QED) is 0.793. The summed E-state index contributed by atoms with van der Waals surface area (Å²) in [4.78, 5) is 6.64. The summed E-state index contributed by atoms with van der Waals surface area (Å²) < 4.78 is 37.4. The van der Waals surface area contributed by atoms with Gasteiger partial charge in [0.2, 0.25) is 10.0 Å². The fourth-order valence-corrected chi connectivity index (χ4v) is 4.30. The van der Waals surface area contributed by atoms with Gasteiger partial charge in [-0.2, -0.15) is 9.29 Å². The van der Waals surface area contributed by atoms with Crippen molar-refractivity contribution >= 4 is 16.0 Å². The summed E-state index contributed by atoms with van der Waals surface area (Å²) in [5.74, 6) is 1.84. The molecule has 0 N–H and O–H groups in total. The largest absolute Gasteiger partial charge is 0.497 e. The number of methoxy groups -OCH3 is 1. The van der Waals surface area contributed by atoms with E-state index in [9.17, 15) is 8.42 Å². The highest BCUT2D eigenvalue weighted by Gasteiger charge is 2.32. The first-order valence-corrected chi connectivity index (χ1v) is 9.75. The van der Waals surface area contributed by atoms with Gasteiger partial charge in [-0.3, -0.25) is 0 Å². The smallest absolute Gasteiger partial charge is 0.324 e. The molecular formula is C16H20N4O4S. The fraction of sp³-hybridized carbons (Fsp3) is 0.500. The molecule has 25 heavy (non-hydrogen) atoms. The number of anilines is 1. The van der Waals surface area contributed by atoms with Crippen LogP contribution in [0.2, 0.25) is 0 Å². The molecule has 0 atom stereocenters. The standard InChI is InChI=1S/C16H20N4O4S/c1-23-13-4-6-14(7-5-13)25(21,22)20-10-8-19(9-11-20)16-17-15(18-24-16)12-2-3-12/h4-7,12H,2-3,8-11H2,1H3. The number of nitrogens with zero attached hydrogens (tertiary/aromatic N) is 4. The average Bonchev–Trinajstić information content (AvgIpc) is 3.39. The number of rotatable bonds is 5. The number of hydrogen-bond acceptors (Lipinski definition) is 7. The lowest BCUT2D eigenvalue weighted by molar-refractivity contribution is 0.353. The van der Waals surface area contributed by atoms with E-state index < -0.39 is 10.0 Å². The second-order valence-electron chi connectivity index (χ2n) is 6.28. The second-order valence-corrected chi connectivity index (χ2v) is 8.21. The third-order valence-corrected chi connectivity index (χ3v) is 6.49. The highest BCUT2D eigenvalue weighted by Crippen LogP contribution is 2.38. The maximum atomic E-state index is 12.7. The zero-order chi connectivity index (χ0) is 17.4. The lowest BCUT2D eigenvalue weighted by Gasteiger charge is -2.32. The van der Waals surface area contributed by atoms with Gasteiger partial charge in [0.25, 0.3) is 0 Å². The molecule has 134 valence electrons. The topological polar surface area (TPSA) is 88.8 Å². The molecule has 1 aliphatic carbocycles. The molecule has 1 aliphatic heterocycles. The number of sulfonamides is 1. The van der Waals surface area contributed by atoms with Crippen molar-refractivity contribution < 1.29 is 17.7 Å². The van der Waals surface area contributed by atoms with E-state index >= 15 is 0 Å². The van der Waals surface area contributed by atoms with E-state index in [1.165, 1.54) is 4.31 Å². The summed E-state index contributed by atoms with van der Waals surface area (Å²) in [6.45, 7) is 1.83. The van der Waals surface area contributed by atoms with Gasteiger partial charge in [0.1, 0.15) is 5.75 Å². The molecule has 4 rings (SSSR count). The lowest BCUT2D eigenvalue weighted by Crippen LogP contribution is -2.48. The molecule has 1 aromatic heterocycles. The predicted molar refractivity (Wildman–Crippen MR) is 90.2 cm³/mol. The number of hydrogen-bond donors (Lipinski definition) is 0. The van der Waals surface area contributed by atoms with Crippen LogP contribution in [0.25, 0.3) is 0 Å². The van der Waals surface area contributed by atoms with Crippen molar-refractivity contribution in [2.75, 3.05) is 38.2 Å². The zero-order valence-corrected chi connectivity index (χ0v) is 14.8. The fourth-order valence-electron chi connectivity index (χ4n) is 2.88. The third-order valence-electron chi connectivity index (χ3n) is 4.58. The van der Waals surface area contributed by atoms with Crippen molar-refractivity contribution in [2.24, 2.45) is 0 Å². The minimum Gasteiger partial charge on any atom is -0.497 e. The molecule has 2 aliphatic rings. The van der Waals surface area contributed by atoms with Crippen LogP contribution >= 0.6 is 0 Å². The molecule has 1 saturated carbocycles. The minimum atomic E-state index is -3.51. The van der Waals surface area contributed by atoms with Gasteiger partial charge in [-0.25, -0.2) is 8.42 Å². The SMILES string of the molecule is COc1ccc(S(=O)(=O)N2CCN(c3nc(C4CC4)no3)CC2)cc1. The number of benzene rings is 1. The molecule has 2 heterocycles. The van der Waals surface area contributed by atoms with Crippen LogP contribution in [0.15, 0.2) is 33.7 Å². The molecule has 2 fully saturated rings. The van der Waals surface area contributed by atoms with Crippen LogP contribution in [0.3, 0.4) is 0 Å². The monoisotopic (exact) mass is 364 g/mol. The van der Waals surface area contributed by atoms with Crippen LogP contribution in [0.1, 0.15) is 24.6 Å². The number of aromatic nitrogens is 2. The first-order chi connectivity index (χ1) is 12.1. The van der Waals surface area contributed by atoms with Crippen molar-refractivity contribution in [1.29, 1.82) is 0 Å². The summed E-state index contributed by atoms with van der Waals surface area (Å²) in [6.07, 6.45) is 2.24. The Morgan fingerprint density at radius 1 is 1.12 bits per heavy atom. The molecule has 9 heteroatoms. The Morgan fingerprint density at radius 2 is 1.80 bits per heavy atom. The van der Waals surface area contributed by atoms with Gasteiger partial charge in [-0.15, -0.1) is 0 Å². The van der Waals surface area contributed by atoms with Crippen molar-refractivity contribution in [3.8, 4) is 5.75 Å². The molecule has 0 spiro atoms. The van der Waals surface area contributed by atoms with E-state index in [1.54, 1.807) is 31.4 Å². The minimum absolute atomic E-state index is 0.274. The maximum Gasteiger partial charge on any atom is 0.324 e. The highest BCUT2D eigenvalue weighted by molar-refractivity contribution is 7.89. The van der Waals surface area contributed by atoms with Gasteiger partial charge in [0, 0.05) is 32.1 Å². The summed E-state index contributed by atoms with van der Waals surface area (Å²) in [5.41, 5.74) is 0. The molecule has 2 aromatic rings. The molecule has 1 aromatic carbocycles. The van der Waals surface area contributed by atoms with Crippen molar-refractivity contribution in [2.45, 2.75) is 23.7 Å². The summed E-state index contributed by atoms with van der Waals surface area (Å²) in [5, 5.41) is 4.01. The summed E-state index contributed by atoms with van der Waals surface area (Å²) in [7, 11) is -1.96. The Morgan fingerprint density at radius 3 is 2.40 bits per heavy atom. The van der Waals surface area contributed by atoms with Gasteiger partial charge in [-0.1, -0.05) is 5.16 Å². The van der Waals surface area contributed by atoms with Gasteiger partial charge in [-0.05, 0) is 37.1 Å². The second kappa shape index (κ2) is 6.30. The number of piperazine rings is 1. The van der Waals surface area contributed by atoms with Crippen LogP contribution in [0.5, 0.6) is 5.75 Å². The normalized spacial score (nSPS) is 19.2. The van der Waals surface area contributed by atoms with E-state index in [-0.39, 0.29) is 4.90 Å². The molecule has 8 nitrogen and oxygen atoms in total. The molecule has 0 radical (unpaired) electrons. The van der Waals surface area contributed by atoms with E-state index in [1.807, 2.05) is 4.90 Å². The van der Waals surface area contributed by atoms with Gasteiger partial charge in [0.05, 0.1) is 12.0 Å². The Balaban J connectivity index is 1.42. The van der Waals surface area contributed by atoms with Crippen molar-refractivity contribution in [3.63, 3.8) is 0 Å². The van der Waals surface area contributed by atoms with E-state index in [4.69, 9.17) is 9.26 Å². The van der Waals surface area contributed by atoms with Crippen LogP contribution in [0.4, 0.5) is 6.01 Å². The van der Waals surface area contributed by atoms with Crippen LogP contribution in [-0.2, 0) is 10.0 Å². The first kappa shape index (κ1) is 16.3. The van der Waals surface area contributed by atoms with E-state index in [0.717, 1.165) is 18.7 Å². The number of ether oxygens (including phenoxy) is 1. The average molecular weight is 364 g/mol. The van der Waals surface area contributed by atoms with Crippen molar-refractivity contribution in [1.82, 2.24) is 14.4 Å². The Hall–Kier alpha value is -2.13.